The van der Waals surface area contributed by atoms with Crippen LogP contribution in [0.5, 0.6) is 0 Å². The van der Waals surface area contributed by atoms with E-state index in [4.69, 9.17) is 5.73 Å². The maximum absolute atomic E-state index is 12.4. The maximum Gasteiger partial charge on any atom is 0.274 e. The number of nitrogen functional groups attached to an aromatic ring is 1. The molecule has 0 unspecified atom stereocenters. The molecule has 2 N–H and O–H groups in total. The average Bonchev–Trinajstić information content (AvgIpc) is 2.91. The van der Waals surface area contributed by atoms with Crippen molar-refractivity contribution in [3.63, 3.8) is 0 Å². The Kier molecular flexibility index (Phi) is 3.64. The molecule has 0 atom stereocenters. The third kappa shape index (κ3) is 2.77. The van der Waals surface area contributed by atoms with Crippen molar-refractivity contribution in [1.29, 1.82) is 0 Å². The molecule has 1 fully saturated rings. The van der Waals surface area contributed by atoms with Gasteiger partial charge in [0.1, 0.15) is 0 Å². The summed E-state index contributed by atoms with van der Waals surface area (Å²) in [6, 6.07) is 9.22. The van der Waals surface area contributed by atoms with Crippen LogP contribution in [-0.4, -0.2) is 34.2 Å². The Hall–Kier alpha value is -2.30. The van der Waals surface area contributed by atoms with Crippen molar-refractivity contribution in [2.75, 3.05) is 19.3 Å². The number of anilines is 1. The van der Waals surface area contributed by atoms with Crippen LogP contribution < -0.4 is 5.73 Å². The number of nitrogens with zero attached hydrogens (tertiary/aromatic N) is 3. The number of rotatable bonds is 4. The molecule has 1 saturated carbocycles. The Morgan fingerprint density at radius 2 is 2.14 bits per heavy atom. The highest BCUT2D eigenvalue weighted by Crippen LogP contribution is 2.27. The second kappa shape index (κ2) is 5.60. The fourth-order valence-electron chi connectivity index (χ4n) is 2.61. The zero-order valence-electron chi connectivity index (χ0n) is 12.2. The Bertz CT molecular complexity index is 645. The SMILES string of the molecule is CN(CC1CCC1)C(=O)c1ccn(-c2ccccc2N)n1. The fourth-order valence-corrected chi connectivity index (χ4v) is 2.61. The van der Waals surface area contributed by atoms with Crippen LogP contribution in [0.2, 0.25) is 0 Å². The number of amides is 1. The molecule has 1 aromatic heterocycles. The van der Waals surface area contributed by atoms with Gasteiger partial charge in [-0.05, 0) is 37.0 Å². The Labute approximate surface area is 124 Å². The second-order valence-corrected chi connectivity index (χ2v) is 5.69. The lowest BCUT2D eigenvalue weighted by atomic mass is 9.85. The molecule has 0 saturated heterocycles. The van der Waals surface area contributed by atoms with E-state index < -0.39 is 0 Å². The van der Waals surface area contributed by atoms with Crippen molar-refractivity contribution < 1.29 is 4.79 Å². The zero-order chi connectivity index (χ0) is 14.8. The van der Waals surface area contributed by atoms with E-state index in [-0.39, 0.29) is 5.91 Å². The van der Waals surface area contributed by atoms with Crippen molar-refractivity contribution in [1.82, 2.24) is 14.7 Å². The Morgan fingerprint density at radius 3 is 2.81 bits per heavy atom. The van der Waals surface area contributed by atoms with Crippen molar-refractivity contribution in [2.45, 2.75) is 19.3 Å². The van der Waals surface area contributed by atoms with Gasteiger partial charge in [0, 0.05) is 19.8 Å². The molecule has 1 aromatic carbocycles. The Balaban J connectivity index is 1.75. The van der Waals surface area contributed by atoms with Gasteiger partial charge in [0.15, 0.2) is 5.69 Å². The van der Waals surface area contributed by atoms with Crippen molar-refractivity contribution >= 4 is 11.6 Å². The van der Waals surface area contributed by atoms with E-state index in [9.17, 15) is 4.79 Å². The number of para-hydroxylation sites is 2. The van der Waals surface area contributed by atoms with Gasteiger partial charge in [0.05, 0.1) is 11.4 Å². The molecule has 0 radical (unpaired) electrons. The first-order valence-electron chi connectivity index (χ1n) is 7.31. The molecule has 21 heavy (non-hydrogen) atoms. The lowest BCUT2D eigenvalue weighted by Crippen LogP contribution is -2.34. The van der Waals surface area contributed by atoms with Crippen molar-refractivity contribution in [3.8, 4) is 5.69 Å². The summed E-state index contributed by atoms with van der Waals surface area (Å²) in [6.45, 7) is 0.819. The lowest BCUT2D eigenvalue weighted by Gasteiger charge is -2.29. The van der Waals surface area contributed by atoms with Crippen LogP contribution in [0.4, 0.5) is 5.69 Å². The van der Waals surface area contributed by atoms with Gasteiger partial charge >= 0.3 is 0 Å². The smallest absolute Gasteiger partial charge is 0.274 e. The highest BCUT2D eigenvalue weighted by atomic mass is 16.2. The van der Waals surface area contributed by atoms with E-state index in [0.29, 0.717) is 17.3 Å². The van der Waals surface area contributed by atoms with E-state index in [2.05, 4.69) is 5.10 Å². The van der Waals surface area contributed by atoms with Crippen LogP contribution in [0, 0.1) is 5.92 Å². The first-order valence-corrected chi connectivity index (χ1v) is 7.31. The van der Waals surface area contributed by atoms with Crippen LogP contribution in [-0.2, 0) is 0 Å². The van der Waals surface area contributed by atoms with Gasteiger partial charge in [0.25, 0.3) is 5.91 Å². The number of aromatic nitrogens is 2. The van der Waals surface area contributed by atoms with Crippen LogP contribution in [0.3, 0.4) is 0 Å². The number of hydrogen-bond donors (Lipinski definition) is 1. The molecule has 1 heterocycles. The summed E-state index contributed by atoms with van der Waals surface area (Å²) in [7, 11) is 1.84. The first-order chi connectivity index (χ1) is 10.1. The molecule has 2 aromatic rings. The highest BCUT2D eigenvalue weighted by molar-refractivity contribution is 5.92. The van der Waals surface area contributed by atoms with E-state index in [0.717, 1.165) is 12.2 Å². The molecule has 5 nitrogen and oxygen atoms in total. The summed E-state index contributed by atoms with van der Waals surface area (Å²) < 4.78 is 1.65. The number of benzene rings is 1. The molecule has 1 aliphatic rings. The fraction of sp³-hybridized carbons (Fsp3) is 0.375. The van der Waals surface area contributed by atoms with E-state index in [1.807, 2.05) is 31.3 Å². The molecule has 0 aliphatic heterocycles. The molecule has 110 valence electrons. The molecule has 0 spiro atoms. The van der Waals surface area contributed by atoms with Gasteiger partial charge in [-0.25, -0.2) is 4.68 Å². The second-order valence-electron chi connectivity index (χ2n) is 5.69. The van der Waals surface area contributed by atoms with Gasteiger partial charge in [-0.3, -0.25) is 4.79 Å². The number of hydrogen-bond acceptors (Lipinski definition) is 3. The first kappa shape index (κ1) is 13.7. The van der Waals surface area contributed by atoms with Crippen LogP contribution in [0.25, 0.3) is 5.69 Å². The van der Waals surface area contributed by atoms with Gasteiger partial charge in [-0.1, -0.05) is 18.6 Å². The quantitative estimate of drug-likeness (QED) is 0.876. The van der Waals surface area contributed by atoms with E-state index in [1.165, 1.54) is 19.3 Å². The molecular weight excluding hydrogens is 264 g/mol. The molecule has 3 rings (SSSR count). The van der Waals surface area contributed by atoms with E-state index in [1.54, 1.807) is 21.8 Å². The molecule has 1 aliphatic carbocycles. The summed E-state index contributed by atoms with van der Waals surface area (Å²) >= 11 is 0. The number of carbonyl (C=O) groups excluding carboxylic acids is 1. The van der Waals surface area contributed by atoms with Gasteiger partial charge < -0.3 is 10.6 Å². The third-order valence-electron chi connectivity index (χ3n) is 4.10. The van der Waals surface area contributed by atoms with Crippen LogP contribution in [0.15, 0.2) is 36.5 Å². The van der Waals surface area contributed by atoms with Crippen LogP contribution in [0.1, 0.15) is 29.8 Å². The summed E-state index contributed by atoms with van der Waals surface area (Å²) in [5.74, 6) is 0.626. The van der Waals surface area contributed by atoms with Crippen LogP contribution >= 0.6 is 0 Å². The summed E-state index contributed by atoms with van der Waals surface area (Å²) in [6.07, 6.45) is 5.52. The Morgan fingerprint density at radius 1 is 1.38 bits per heavy atom. The van der Waals surface area contributed by atoms with E-state index >= 15 is 0 Å². The number of carbonyl (C=O) groups is 1. The van der Waals surface area contributed by atoms with Crippen molar-refractivity contribution in [3.05, 3.63) is 42.2 Å². The standard InChI is InChI=1S/C16H20N4O/c1-19(11-12-5-4-6-12)16(21)14-9-10-20(18-14)15-8-3-2-7-13(15)17/h2-3,7-10,12H,4-6,11,17H2,1H3. The molecular formula is C16H20N4O. The predicted molar refractivity (Wildman–Crippen MR) is 82.3 cm³/mol. The van der Waals surface area contributed by atoms with Gasteiger partial charge in [0.2, 0.25) is 0 Å². The molecule has 0 bridgehead atoms. The average molecular weight is 284 g/mol. The summed E-state index contributed by atoms with van der Waals surface area (Å²) in [5.41, 5.74) is 7.82. The largest absolute Gasteiger partial charge is 0.397 e. The third-order valence-corrected chi connectivity index (χ3v) is 4.10. The predicted octanol–water partition coefficient (Wildman–Crippen LogP) is 2.33. The lowest BCUT2D eigenvalue weighted by molar-refractivity contribution is 0.0739. The minimum absolute atomic E-state index is 0.0323. The molecule has 1 amide bonds. The minimum Gasteiger partial charge on any atom is -0.397 e. The zero-order valence-corrected chi connectivity index (χ0v) is 12.2. The van der Waals surface area contributed by atoms with Crippen molar-refractivity contribution in [2.24, 2.45) is 5.92 Å². The monoisotopic (exact) mass is 284 g/mol. The normalized spacial score (nSPS) is 14.7. The summed E-state index contributed by atoms with van der Waals surface area (Å²) in [5, 5.41) is 4.36. The molecule has 5 heteroatoms. The summed E-state index contributed by atoms with van der Waals surface area (Å²) in [4.78, 5) is 14.1. The maximum atomic E-state index is 12.4. The topological polar surface area (TPSA) is 64.2 Å². The minimum atomic E-state index is -0.0323. The number of nitrogens with two attached hydrogens (primary N) is 1. The van der Waals surface area contributed by atoms with Gasteiger partial charge in [-0.15, -0.1) is 0 Å². The van der Waals surface area contributed by atoms with Gasteiger partial charge in [-0.2, -0.15) is 5.10 Å². The highest BCUT2D eigenvalue weighted by Gasteiger charge is 2.23.